The van der Waals surface area contributed by atoms with E-state index in [1.807, 2.05) is 0 Å². The molecule has 0 spiro atoms. The molecule has 2 N–H and O–H groups in total. The smallest absolute Gasteiger partial charge is 0.550 e. The predicted molar refractivity (Wildman–Crippen MR) is 34.3 cm³/mol. The van der Waals surface area contributed by atoms with Crippen LogP contribution in [0.5, 0.6) is 0 Å². The molecule has 0 aromatic heterocycles. The molecular weight excluding hydrogens is 155 g/mol. The zero-order chi connectivity index (χ0) is 7.40. The Morgan fingerprint density at radius 3 is 2.73 bits per heavy atom. The Hall–Kier alpha value is 0.390. The van der Waals surface area contributed by atoms with Gasteiger partial charge in [-0.15, -0.1) is 0 Å². The fourth-order valence-electron chi connectivity index (χ4n) is 1.06. The van der Waals surface area contributed by atoms with Crippen LogP contribution in [0.15, 0.2) is 0 Å². The van der Waals surface area contributed by atoms with Gasteiger partial charge in [-0.2, -0.15) is 0 Å². The first-order valence-electron chi connectivity index (χ1n) is 3.43. The number of piperazine rings is 1. The molecule has 1 fully saturated rings. The van der Waals surface area contributed by atoms with Crippen LogP contribution < -0.4 is 45.3 Å². The first kappa shape index (κ1) is 11.4. The second kappa shape index (κ2) is 5.97. The number of hydrogen-bond donors (Lipinski definition) is 2. The van der Waals surface area contributed by atoms with Gasteiger partial charge >= 0.3 is 29.6 Å². The number of rotatable bonds is 2. The molecule has 58 valence electrons. The molecular formula is C6H11N2NaO2. The van der Waals surface area contributed by atoms with Crippen molar-refractivity contribution in [3.8, 4) is 0 Å². The van der Waals surface area contributed by atoms with E-state index in [4.69, 9.17) is 0 Å². The first-order valence-corrected chi connectivity index (χ1v) is 3.43. The van der Waals surface area contributed by atoms with Crippen LogP contribution in [0, 0.1) is 0 Å². The third-order valence-electron chi connectivity index (χ3n) is 1.54. The van der Waals surface area contributed by atoms with E-state index in [9.17, 15) is 9.90 Å². The molecule has 0 aromatic rings. The van der Waals surface area contributed by atoms with E-state index in [0.717, 1.165) is 19.6 Å². The Morgan fingerprint density at radius 1 is 1.55 bits per heavy atom. The minimum absolute atomic E-state index is 0. The second-order valence-electron chi connectivity index (χ2n) is 2.43. The van der Waals surface area contributed by atoms with Gasteiger partial charge in [0.05, 0.1) is 0 Å². The molecule has 1 atom stereocenters. The second-order valence-corrected chi connectivity index (χ2v) is 2.43. The van der Waals surface area contributed by atoms with E-state index in [1.165, 1.54) is 0 Å². The van der Waals surface area contributed by atoms with Gasteiger partial charge in [-0.25, -0.2) is 0 Å². The number of carbonyl (C=O) groups is 1. The molecule has 11 heavy (non-hydrogen) atoms. The van der Waals surface area contributed by atoms with Crippen LogP contribution in [0.2, 0.25) is 0 Å². The molecule has 5 heteroatoms. The van der Waals surface area contributed by atoms with E-state index >= 15 is 0 Å². The summed E-state index contributed by atoms with van der Waals surface area (Å²) in [5.41, 5.74) is 0. The number of carboxylic acids is 1. The van der Waals surface area contributed by atoms with Crippen LogP contribution >= 0.6 is 0 Å². The molecule has 0 aliphatic carbocycles. The quantitative estimate of drug-likeness (QED) is 0.402. The van der Waals surface area contributed by atoms with Crippen molar-refractivity contribution in [3.63, 3.8) is 0 Å². The van der Waals surface area contributed by atoms with Crippen molar-refractivity contribution in [1.82, 2.24) is 10.6 Å². The van der Waals surface area contributed by atoms with Crippen LogP contribution in [0.4, 0.5) is 0 Å². The topological polar surface area (TPSA) is 64.2 Å². The molecule has 1 heterocycles. The fraction of sp³-hybridized carbons (Fsp3) is 0.833. The molecule has 1 unspecified atom stereocenters. The third-order valence-corrected chi connectivity index (χ3v) is 1.54. The fourth-order valence-corrected chi connectivity index (χ4v) is 1.06. The number of hydrogen-bond acceptors (Lipinski definition) is 4. The zero-order valence-corrected chi connectivity index (χ0v) is 8.72. The van der Waals surface area contributed by atoms with Crippen LogP contribution in [-0.2, 0) is 4.79 Å². The van der Waals surface area contributed by atoms with Crippen molar-refractivity contribution < 1.29 is 39.5 Å². The Balaban J connectivity index is 0.000001000. The summed E-state index contributed by atoms with van der Waals surface area (Å²) in [5.74, 6) is -0.985. The van der Waals surface area contributed by atoms with E-state index in [-0.39, 0.29) is 42.0 Å². The summed E-state index contributed by atoms with van der Waals surface area (Å²) in [6, 6.07) is 0.0544. The number of carboxylic acid groups (broad SMARTS) is 1. The van der Waals surface area contributed by atoms with Crippen molar-refractivity contribution >= 4 is 5.97 Å². The minimum atomic E-state index is -0.985. The number of nitrogens with one attached hydrogen (secondary N) is 2. The van der Waals surface area contributed by atoms with Crippen LogP contribution in [0.25, 0.3) is 0 Å². The average Bonchev–Trinajstić information content (AvgIpc) is 1.88. The summed E-state index contributed by atoms with van der Waals surface area (Å²) in [5, 5.41) is 16.2. The van der Waals surface area contributed by atoms with Crippen molar-refractivity contribution in [2.45, 2.75) is 12.5 Å². The first-order chi connectivity index (χ1) is 4.79. The van der Waals surface area contributed by atoms with Crippen molar-refractivity contribution in [1.29, 1.82) is 0 Å². The van der Waals surface area contributed by atoms with Crippen molar-refractivity contribution in [2.75, 3.05) is 19.6 Å². The summed E-state index contributed by atoms with van der Waals surface area (Å²) >= 11 is 0. The van der Waals surface area contributed by atoms with Gasteiger partial charge in [0.1, 0.15) is 0 Å². The Labute approximate surface area is 88.0 Å². The van der Waals surface area contributed by atoms with E-state index < -0.39 is 5.97 Å². The normalized spacial score (nSPS) is 23.8. The maximum Gasteiger partial charge on any atom is 1.00 e. The standard InChI is InChI=1S/C6H12N2O2.Na/c9-6(10)3-5-4-7-1-2-8-5;/h5,7-8H,1-4H2,(H,9,10);/q;+1/p-1. The van der Waals surface area contributed by atoms with Gasteiger partial charge in [-0.1, -0.05) is 0 Å². The van der Waals surface area contributed by atoms with Crippen LogP contribution in [0.1, 0.15) is 6.42 Å². The van der Waals surface area contributed by atoms with Gasteiger partial charge in [0.25, 0.3) is 0 Å². The number of aliphatic carboxylic acids is 1. The Kier molecular flexibility index (Phi) is 6.18. The summed E-state index contributed by atoms with van der Waals surface area (Å²) in [6.45, 7) is 2.50. The van der Waals surface area contributed by atoms with E-state index in [0.29, 0.717) is 0 Å². The third kappa shape index (κ3) is 4.76. The van der Waals surface area contributed by atoms with Gasteiger partial charge < -0.3 is 20.5 Å². The largest absolute Gasteiger partial charge is 1.00 e. The molecule has 0 amide bonds. The molecule has 1 aliphatic rings. The SMILES string of the molecule is O=C([O-])CC1CNCCN1.[Na+]. The maximum atomic E-state index is 10.1. The van der Waals surface area contributed by atoms with Gasteiger partial charge in [0, 0.05) is 38.1 Å². The predicted octanol–water partition coefficient (Wildman–Crippen LogP) is -5.31. The van der Waals surface area contributed by atoms with Crippen molar-refractivity contribution in [3.05, 3.63) is 0 Å². The van der Waals surface area contributed by atoms with Crippen LogP contribution in [-0.4, -0.2) is 31.6 Å². The Bertz CT molecular complexity index is 126. The summed E-state index contributed by atoms with van der Waals surface area (Å²) in [4.78, 5) is 10.1. The zero-order valence-electron chi connectivity index (χ0n) is 6.72. The van der Waals surface area contributed by atoms with E-state index in [1.54, 1.807) is 0 Å². The number of carbonyl (C=O) groups excluding carboxylic acids is 1. The molecule has 0 saturated carbocycles. The molecule has 4 nitrogen and oxygen atoms in total. The van der Waals surface area contributed by atoms with Gasteiger partial charge in [0.2, 0.25) is 0 Å². The van der Waals surface area contributed by atoms with Crippen LogP contribution in [0.3, 0.4) is 0 Å². The minimum Gasteiger partial charge on any atom is -0.550 e. The molecule has 0 radical (unpaired) electrons. The average molecular weight is 166 g/mol. The molecule has 1 saturated heterocycles. The molecule has 0 bridgehead atoms. The Morgan fingerprint density at radius 2 is 2.27 bits per heavy atom. The maximum absolute atomic E-state index is 10.1. The van der Waals surface area contributed by atoms with Crippen molar-refractivity contribution in [2.24, 2.45) is 0 Å². The summed E-state index contributed by atoms with van der Waals surface area (Å²) in [6.07, 6.45) is 0.104. The molecule has 0 aromatic carbocycles. The van der Waals surface area contributed by atoms with Gasteiger partial charge in [0.15, 0.2) is 0 Å². The molecule has 1 rings (SSSR count). The van der Waals surface area contributed by atoms with E-state index in [2.05, 4.69) is 10.6 Å². The summed E-state index contributed by atoms with van der Waals surface area (Å²) < 4.78 is 0. The monoisotopic (exact) mass is 166 g/mol. The van der Waals surface area contributed by atoms with Gasteiger partial charge in [-0.3, -0.25) is 0 Å². The van der Waals surface area contributed by atoms with Gasteiger partial charge in [-0.05, 0) is 0 Å². The molecule has 1 aliphatic heterocycles. The summed E-state index contributed by atoms with van der Waals surface area (Å²) in [7, 11) is 0.